The minimum Gasteiger partial charge on any atom is -0.478 e. The summed E-state index contributed by atoms with van der Waals surface area (Å²) in [6.07, 6.45) is -2.20. The van der Waals surface area contributed by atoms with Crippen molar-refractivity contribution in [3.63, 3.8) is 0 Å². The fourth-order valence-corrected chi connectivity index (χ4v) is 2.15. The van der Waals surface area contributed by atoms with Crippen LogP contribution in [0.1, 0.15) is 35.7 Å². The SMILES string of the molecule is CC(CNc1ccc(C(F)(F)F)cc1C(=O)O)C1CC1. The molecule has 1 atom stereocenters. The predicted molar refractivity (Wildman–Crippen MR) is 68.8 cm³/mol. The summed E-state index contributed by atoms with van der Waals surface area (Å²) in [5, 5.41) is 12.0. The van der Waals surface area contributed by atoms with Crippen molar-refractivity contribution < 1.29 is 23.1 Å². The van der Waals surface area contributed by atoms with E-state index in [0.717, 1.165) is 6.07 Å². The number of carboxylic acids is 1. The molecule has 1 aromatic carbocycles. The molecule has 20 heavy (non-hydrogen) atoms. The number of carboxylic acid groups (broad SMARTS) is 1. The Labute approximate surface area is 114 Å². The largest absolute Gasteiger partial charge is 0.478 e. The lowest BCUT2D eigenvalue weighted by atomic mass is 10.0. The molecular weight excluding hydrogens is 271 g/mol. The number of aromatic carboxylic acids is 1. The summed E-state index contributed by atoms with van der Waals surface area (Å²) in [6.45, 7) is 2.62. The van der Waals surface area contributed by atoms with Gasteiger partial charge >= 0.3 is 12.1 Å². The third-order valence-electron chi connectivity index (χ3n) is 3.62. The minimum absolute atomic E-state index is 0.234. The number of rotatable bonds is 5. The Hall–Kier alpha value is -1.72. The van der Waals surface area contributed by atoms with Crippen LogP contribution in [0.2, 0.25) is 0 Å². The van der Waals surface area contributed by atoms with Gasteiger partial charge in [-0.25, -0.2) is 4.79 Å². The van der Waals surface area contributed by atoms with Crippen LogP contribution in [0.4, 0.5) is 18.9 Å². The van der Waals surface area contributed by atoms with Crippen LogP contribution in [-0.2, 0) is 6.18 Å². The van der Waals surface area contributed by atoms with Crippen LogP contribution < -0.4 is 5.32 Å². The number of carbonyl (C=O) groups is 1. The molecule has 1 aliphatic carbocycles. The molecule has 1 saturated carbocycles. The topological polar surface area (TPSA) is 49.3 Å². The number of nitrogens with one attached hydrogen (secondary N) is 1. The van der Waals surface area contributed by atoms with Crippen molar-refractivity contribution in [2.45, 2.75) is 25.9 Å². The molecule has 0 bridgehead atoms. The van der Waals surface area contributed by atoms with Crippen molar-refractivity contribution in [3.8, 4) is 0 Å². The molecule has 1 aromatic rings. The molecule has 0 aliphatic heterocycles. The second-order valence-corrected chi connectivity index (χ2v) is 5.26. The van der Waals surface area contributed by atoms with Gasteiger partial charge < -0.3 is 10.4 Å². The summed E-state index contributed by atoms with van der Waals surface area (Å²) in [5.74, 6) is -0.332. The number of halogens is 3. The molecule has 2 N–H and O–H groups in total. The summed E-state index contributed by atoms with van der Waals surface area (Å²) in [4.78, 5) is 11.1. The molecule has 1 aliphatic rings. The van der Waals surface area contributed by atoms with Crippen LogP contribution in [-0.4, -0.2) is 17.6 Å². The lowest BCUT2D eigenvalue weighted by Gasteiger charge is -2.16. The molecule has 0 spiro atoms. The molecule has 0 heterocycles. The van der Waals surface area contributed by atoms with Gasteiger partial charge in [-0.3, -0.25) is 0 Å². The zero-order valence-corrected chi connectivity index (χ0v) is 11.0. The number of anilines is 1. The maximum absolute atomic E-state index is 12.6. The third kappa shape index (κ3) is 3.43. The zero-order chi connectivity index (χ0) is 14.9. The average molecular weight is 287 g/mol. The van der Waals surface area contributed by atoms with Crippen LogP contribution in [0.25, 0.3) is 0 Å². The Balaban J connectivity index is 2.16. The maximum Gasteiger partial charge on any atom is 0.416 e. The standard InChI is InChI=1S/C14H16F3NO2/c1-8(9-2-3-9)7-18-12-5-4-10(14(15,16)17)6-11(12)13(19)20/h4-6,8-9,18H,2-3,7H2,1H3,(H,19,20). The van der Waals surface area contributed by atoms with E-state index in [-0.39, 0.29) is 11.3 Å². The van der Waals surface area contributed by atoms with Crippen molar-refractivity contribution in [1.29, 1.82) is 0 Å². The summed E-state index contributed by atoms with van der Waals surface area (Å²) in [7, 11) is 0. The number of alkyl halides is 3. The molecule has 1 fully saturated rings. The van der Waals surface area contributed by atoms with Crippen LogP contribution in [0.5, 0.6) is 0 Å². The van der Waals surface area contributed by atoms with E-state index in [2.05, 4.69) is 12.2 Å². The lowest BCUT2D eigenvalue weighted by molar-refractivity contribution is -0.137. The summed E-state index contributed by atoms with van der Waals surface area (Å²) >= 11 is 0. The molecule has 0 aromatic heterocycles. The van der Waals surface area contributed by atoms with Gasteiger partial charge in [-0.15, -0.1) is 0 Å². The van der Waals surface area contributed by atoms with E-state index < -0.39 is 17.7 Å². The van der Waals surface area contributed by atoms with Gasteiger partial charge in [-0.05, 0) is 42.9 Å². The lowest BCUT2D eigenvalue weighted by Crippen LogP contribution is -2.16. The van der Waals surface area contributed by atoms with E-state index in [4.69, 9.17) is 5.11 Å². The van der Waals surface area contributed by atoms with E-state index in [1.54, 1.807) is 0 Å². The van der Waals surface area contributed by atoms with E-state index >= 15 is 0 Å². The smallest absolute Gasteiger partial charge is 0.416 e. The Morgan fingerprint density at radius 2 is 2.10 bits per heavy atom. The van der Waals surface area contributed by atoms with Crippen molar-refractivity contribution in [2.75, 3.05) is 11.9 Å². The first-order valence-corrected chi connectivity index (χ1v) is 6.47. The second kappa shape index (κ2) is 5.34. The first kappa shape index (κ1) is 14.7. The second-order valence-electron chi connectivity index (χ2n) is 5.26. The monoisotopic (exact) mass is 287 g/mol. The average Bonchev–Trinajstić information content (AvgIpc) is 3.18. The van der Waals surface area contributed by atoms with E-state index in [0.29, 0.717) is 24.4 Å². The Morgan fingerprint density at radius 3 is 2.60 bits per heavy atom. The highest BCUT2D eigenvalue weighted by Crippen LogP contribution is 2.37. The maximum atomic E-state index is 12.6. The highest BCUT2D eigenvalue weighted by Gasteiger charge is 2.32. The van der Waals surface area contributed by atoms with E-state index in [1.807, 2.05) is 0 Å². The van der Waals surface area contributed by atoms with Gasteiger partial charge in [-0.2, -0.15) is 13.2 Å². The molecule has 0 amide bonds. The fraction of sp³-hybridized carbons (Fsp3) is 0.500. The molecule has 0 saturated heterocycles. The van der Waals surface area contributed by atoms with Crippen LogP contribution in [0, 0.1) is 11.8 Å². The first-order chi connectivity index (χ1) is 9.29. The number of hydrogen-bond acceptors (Lipinski definition) is 2. The quantitative estimate of drug-likeness (QED) is 0.864. The highest BCUT2D eigenvalue weighted by molar-refractivity contribution is 5.94. The van der Waals surface area contributed by atoms with Gasteiger partial charge in [0.2, 0.25) is 0 Å². The molecule has 0 radical (unpaired) electrons. The van der Waals surface area contributed by atoms with Crippen LogP contribution in [0.15, 0.2) is 18.2 Å². The van der Waals surface area contributed by atoms with Gasteiger partial charge in [0.05, 0.1) is 11.1 Å². The molecule has 1 unspecified atom stereocenters. The normalized spacial score (nSPS) is 16.8. The third-order valence-corrected chi connectivity index (χ3v) is 3.62. The molecule has 2 rings (SSSR count). The van der Waals surface area contributed by atoms with Gasteiger partial charge in [0.25, 0.3) is 0 Å². The van der Waals surface area contributed by atoms with Gasteiger partial charge in [-0.1, -0.05) is 6.92 Å². The van der Waals surface area contributed by atoms with E-state index in [1.165, 1.54) is 18.9 Å². The summed E-state index contributed by atoms with van der Waals surface area (Å²) in [6, 6.07) is 2.76. The number of benzene rings is 1. The molecule has 3 nitrogen and oxygen atoms in total. The van der Waals surface area contributed by atoms with Crippen LogP contribution >= 0.6 is 0 Å². The van der Waals surface area contributed by atoms with Crippen molar-refractivity contribution in [2.24, 2.45) is 11.8 Å². The van der Waals surface area contributed by atoms with Crippen LogP contribution in [0.3, 0.4) is 0 Å². The molecular formula is C14H16F3NO2. The summed E-state index contributed by atoms with van der Waals surface area (Å²) in [5.41, 5.74) is -1.06. The summed E-state index contributed by atoms with van der Waals surface area (Å²) < 4.78 is 37.7. The van der Waals surface area contributed by atoms with Crippen molar-refractivity contribution >= 4 is 11.7 Å². The predicted octanol–water partition coefficient (Wildman–Crippen LogP) is 3.86. The first-order valence-electron chi connectivity index (χ1n) is 6.47. The fourth-order valence-electron chi connectivity index (χ4n) is 2.15. The Kier molecular flexibility index (Phi) is 3.92. The minimum atomic E-state index is -4.54. The highest BCUT2D eigenvalue weighted by atomic mass is 19.4. The zero-order valence-electron chi connectivity index (χ0n) is 11.0. The van der Waals surface area contributed by atoms with E-state index in [9.17, 15) is 18.0 Å². The number of hydrogen-bond donors (Lipinski definition) is 2. The Bertz CT molecular complexity index is 510. The Morgan fingerprint density at radius 1 is 1.45 bits per heavy atom. The van der Waals surface area contributed by atoms with Gasteiger partial charge in [0.15, 0.2) is 0 Å². The molecule has 110 valence electrons. The van der Waals surface area contributed by atoms with Gasteiger partial charge in [0.1, 0.15) is 0 Å². The van der Waals surface area contributed by atoms with Crippen molar-refractivity contribution in [3.05, 3.63) is 29.3 Å². The van der Waals surface area contributed by atoms with Gasteiger partial charge in [0, 0.05) is 12.2 Å². The molecule has 6 heteroatoms. The van der Waals surface area contributed by atoms with Crippen molar-refractivity contribution in [1.82, 2.24) is 0 Å².